The molecule has 0 aromatic heterocycles. The fourth-order valence-corrected chi connectivity index (χ4v) is 3.48. The molecule has 2 rings (SSSR count). The Morgan fingerprint density at radius 1 is 1.09 bits per heavy atom. The molecule has 1 N–H and O–H groups in total. The molecule has 23 heavy (non-hydrogen) atoms. The van der Waals surface area contributed by atoms with Gasteiger partial charge >= 0.3 is 0 Å². The third-order valence-corrected chi connectivity index (χ3v) is 4.98. The SMILES string of the molecule is CC(C(=O)NC1CCCC1)N1CCN(C(=O)CC(C)(C)C)CC1. The lowest BCUT2D eigenvalue weighted by Gasteiger charge is -2.38. The molecule has 2 amide bonds. The van der Waals surface area contributed by atoms with Crippen molar-refractivity contribution in [2.45, 2.75) is 71.9 Å². The highest BCUT2D eigenvalue weighted by molar-refractivity contribution is 5.81. The lowest BCUT2D eigenvalue weighted by atomic mass is 9.91. The van der Waals surface area contributed by atoms with Gasteiger partial charge in [0.15, 0.2) is 0 Å². The lowest BCUT2D eigenvalue weighted by molar-refractivity contribution is -0.136. The normalized spacial score (nSPS) is 22.2. The Bertz CT molecular complexity index is 416. The van der Waals surface area contributed by atoms with Crippen molar-refractivity contribution in [2.75, 3.05) is 26.2 Å². The summed E-state index contributed by atoms with van der Waals surface area (Å²) in [5.74, 6) is 0.381. The van der Waals surface area contributed by atoms with Crippen LogP contribution in [-0.2, 0) is 9.59 Å². The summed E-state index contributed by atoms with van der Waals surface area (Å²) in [7, 11) is 0. The monoisotopic (exact) mass is 323 g/mol. The molecule has 1 aliphatic heterocycles. The van der Waals surface area contributed by atoms with Crippen LogP contribution in [0.15, 0.2) is 0 Å². The van der Waals surface area contributed by atoms with E-state index in [1.807, 2.05) is 11.8 Å². The summed E-state index contributed by atoms with van der Waals surface area (Å²) in [5.41, 5.74) is 0.0304. The smallest absolute Gasteiger partial charge is 0.237 e. The van der Waals surface area contributed by atoms with E-state index in [2.05, 4.69) is 31.0 Å². The molecule has 5 nitrogen and oxygen atoms in total. The first kappa shape index (κ1) is 18.2. The highest BCUT2D eigenvalue weighted by atomic mass is 16.2. The molecule has 2 fully saturated rings. The van der Waals surface area contributed by atoms with E-state index >= 15 is 0 Å². The van der Waals surface area contributed by atoms with E-state index in [1.54, 1.807) is 0 Å². The van der Waals surface area contributed by atoms with Gasteiger partial charge in [-0.1, -0.05) is 33.6 Å². The van der Waals surface area contributed by atoms with Crippen LogP contribution in [0.25, 0.3) is 0 Å². The number of piperazine rings is 1. The molecule has 2 aliphatic rings. The van der Waals surface area contributed by atoms with Crippen LogP contribution in [0.2, 0.25) is 0 Å². The zero-order chi connectivity index (χ0) is 17.0. The third kappa shape index (κ3) is 5.48. The minimum Gasteiger partial charge on any atom is -0.352 e. The number of carbonyl (C=O) groups excluding carboxylic acids is 2. The van der Waals surface area contributed by atoms with Gasteiger partial charge < -0.3 is 10.2 Å². The molecule has 1 saturated heterocycles. The fourth-order valence-electron chi connectivity index (χ4n) is 3.48. The Morgan fingerprint density at radius 3 is 2.17 bits per heavy atom. The summed E-state index contributed by atoms with van der Waals surface area (Å²) in [6, 6.07) is 0.273. The Balaban J connectivity index is 1.76. The highest BCUT2D eigenvalue weighted by Gasteiger charge is 2.30. The van der Waals surface area contributed by atoms with Crippen LogP contribution in [-0.4, -0.2) is 59.9 Å². The van der Waals surface area contributed by atoms with Crippen molar-refractivity contribution in [3.63, 3.8) is 0 Å². The van der Waals surface area contributed by atoms with Crippen LogP contribution in [0.1, 0.15) is 59.8 Å². The van der Waals surface area contributed by atoms with Crippen LogP contribution in [0.4, 0.5) is 0 Å². The molecule has 0 bridgehead atoms. The van der Waals surface area contributed by atoms with Gasteiger partial charge in [-0.25, -0.2) is 0 Å². The molecule has 1 heterocycles. The molecule has 5 heteroatoms. The van der Waals surface area contributed by atoms with Crippen LogP contribution in [0.5, 0.6) is 0 Å². The Labute approximate surface area is 140 Å². The molecule has 1 atom stereocenters. The number of rotatable bonds is 4. The quantitative estimate of drug-likeness (QED) is 0.861. The minimum atomic E-state index is -0.101. The summed E-state index contributed by atoms with van der Waals surface area (Å²) in [4.78, 5) is 28.8. The highest BCUT2D eigenvalue weighted by Crippen LogP contribution is 2.21. The topological polar surface area (TPSA) is 52.7 Å². The molecule has 0 aromatic carbocycles. The second-order valence-corrected chi connectivity index (χ2v) is 8.32. The van der Waals surface area contributed by atoms with Crippen LogP contribution < -0.4 is 5.32 Å². The van der Waals surface area contributed by atoms with Crippen LogP contribution >= 0.6 is 0 Å². The van der Waals surface area contributed by atoms with Gasteiger partial charge in [0.1, 0.15) is 0 Å². The van der Waals surface area contributed by atoms with Gasteiger partial charge in [-0.2, -0.15) is 0 Å². The number of nitrogens with zero attached hydrogens (tertiary/aromatic N) is 2. The van der Waals surface area contributed by atoms with Crippen LogP contribution in [0.3, 0.4) is 0 Å². The molecular weight excluding hydrogens is 290 g/mol. The van der Waals surface area contributed by atoms with Gasteiger partial charge in [0.05, 0.1) is 6.04 Å². The van der Waals surface area contributed by atoms with Gasteiger partial charge in [-0.15, -0.1) is 0 Å². The predicted molar refractivity (Wildman–Crippen MR) is 92.1 cm³/mol. The zero-order valence-corrected chi connectivity index (χ0v) is 15.2. The minimum absolute atomic E-state index is 0.0304. The second-order valence-electron chi connectivity index (χ2n) is 8.32. The molecule has 0 spiro atoms. The van der Waals surface area contributed by atoms with Crippen molar-refractivity contribution in [2.24, 2.45) is 5.41 Å². The van der Waals surface area contributed by atoms with Crippen molar-refractivity contribution in [3.05, 3.63) is 0 Å². The Kier molecular flexibility index (Phi) is 6.06. The van der Waals surface area contributed by atoms with Crippen molar-refractivity contribution >= 4 is 11.8 Å². The van der Waals surface area contributed by atoms with E-state index in [4.69, 9.17) is 0 Å². The number of hydrogen-bond acceptors (Lipinski definition) is 3. The molecule has 1 unspecified atom stereocenters. The molecule has 0 radical (unpaired) electrons. The Hall–Kier alpha value is -1.10. The van der Waals surface area contributed by atoms with Gasteiger partial charge in [0.2, 0.25) is 11.8 Å². The summed E-state index contributed by atoms with van der Waals surface area (Å²) >= 11 is 0. The first-order valence-corrected chi connectivity index (χ1v) is 9.08. The molecule has 0 aromatic rings. The molecule has 132 valence electrons. The first-order valence-electron chi connectivity index (χ1n) is 9.08. The van der Waals surface area contributed by atoms with E-state index in [0.717, 1.165) is 39.0 Å². The van der Waals surface area contributed by atoms with E-state index < -0.39 is 0 Å². The van der Waals surface area contributed by atoms with E-state index in [9.17, 15) is 9.59 Å². The number of amides is 2. The lowest BCUT2D eigenvalue weighted by Crippen LogP contribution is -2.56. The molecule has 1 aliphatic carbocycles. The standard InChI is InChI=1S/C18H33N3O2/c1-14(17(23)19-15-7-5-6-8-15)20-9-11-21(12-10-20)16(22)13-18(2,3)4/h14-15H,5-13H2,1-4H3,(H,19,23). The largest absolute Gasteiger partial charge is 0.352 e. The van der Waals surface area contributed by atoms with Gasteiger partial charge in [-0.3, -0.25) is 14.5 Å². The average Bonchev–Trinajstić information content (AvgIpc) is 2.97. The zero-order valence-electron chi connectivity index (χ0n) is 15.2. The van der Waals surface area contributed by atoms with Gasteiger partial charge in [0, 0.05) is 38.6 Å². The summed E-state index contributed by atoms with van der Waals surface area (Å²) < 4.78 is 0. The van der Waals surface area contributed by atoms with E-state index in [-0.39, 0.29) is 23.3 Å². The number of hydrogen-bond donors (Lipinski definition) is 1. The van der Waals surface area contributed by atoms with E-state index in [1.165, 1.54) is 12.8 Å². The maximum Gasteiger partial charge on any atom is 0.237 e. The molecule has 1 saturated carbocycles. The second kappa shape index (κ2) is 7.65. The van der Waals surface area contributed by atoms with Crippen molar-refractivity contribution in [3.8, 4) is 0 Å². The van der Waals surface area contributed by atoms with Crippen molar-refractivity contribution < 1.29 is 9.59 Å². The maximum absolute atomic E-state index is 12.4. The maximum atomic E-state index is 12.4. The van der Waals surface area contributed by atoms with Crippen LogP contribution in [0, 0.1) is 5.41 Å². The predicted octanol–water partition coefficient (Wildman–Crippen LogP) is 2.01. The summed E-state index contributed by atoms with van der Waals surface area (Å²) in [5, 5.41) is 3.18. The van der Waals surface area contributed by atoms with Gasteiger partial charge in [0.25, 0.3) is 0 Å². The van der Waals surface area contributed by atoms with Crippen molar-refractivity contribution in [1.82, 2.24) is 15.1 Å². The number of carbonyl (C=O) groups is 2. The number of nitrogens with one attached hydrogen (secondary N) is 1. The first-order chi connectivity index (χ1) is 10.8. The Morgan fingerprint density at radius 2 is 1.65 bits per heavy atom. The molecular formula is C18H33N3O2. The third-order valence-electron chi connectivity index (χ3n) is 4.98. The fraction of sp³-hybridized carbons (Fsp3) is 0.889. The van der Waals surface area contributed by atoms with E-state index in [0.29, 0.717) is 12.5 Å². The summed E-state index contributed by atoms with van der Waals surface area (Å²) in [6.07, 6.45) is 5.29. The van der Waals surface area contributed by atoms with Crippen molar-refractivity contribution in [1.29, 1.82) is 0 Å². The summed E-state index contributed by atoms with van der Waals surface area (Å²) in [6.45, 7) is 11.3. The average molecular weight is 323 g/mol. The van der Waals surface area contributed by atoms with Gasteiger partial charge in [-0.05, 0) is 25.2 Å².